The van der Waals surface area contributed by atoms with E-state index in [0.29, 0.717) is 12.0 Å². The van der Waals surface area contributed by atoms with Crippen LogP contribution in [0.1, 0.15) is 44.5 Å². The average molecular weight is 335 g/mol. The minimum atomic E-state index is 0.299. The van der Waals surface area contributed by atoms with Crippen molar-refractivity contribution in [2.45, 2.75) is 40.7 Å². The highest BCUT2D eigenvalue weighted by Gasteiger charge is 2.11. The lowest BCUT2D eigenvalue weighted by Crippen LogP contribution is -2.17. The Hall–Kier alpha value is -2.87. The second-order valence-corrected chi connectivity index (χ2v) is 6.05. The smallest absolute Gasteiger partial charge is 0.223 e. The number of hydrogen-bond donors (Lipinski definition) is 1. The second-order valence-electron chi connectivity index (χ2n) is 6.05. The van der Waals surface area contributed by atoms with Crippen LogP contribution in [0.3, 0.4) is 0 Å². The highest BCUT2D eigenvalue weighted by Crippen LogP contribution is 2.24. The molecule has 0 radical (unpaired) electrons. The van der Waals surface area contributed by atoms with Crippen molar-refractivity contribution in [3.05, 3.63) is 52.9 Å². The van der Waals surface area contributed by atoms with Crippen LogP contribution in [-0.4, -0.2) is 20.6 Å². The topological polar surface area (TPSA) is 55.1 Å². The molecule has 0 bridgehead atoms. The molecule has 1 N–H and O–H groups in total. The van der Waals surface area contributed by atoms with E-state index in [1.54, 1.807) is 6.92 Å². The zero-order chi connectivity index (χ0) is 18.4. The first-order valence-electron chi connectivity index (χ1n) is 8.35. The van der Waals surface area contributed by atoms with Crippen LogP contribution in [-0.2, 0) is 7.05 Å². The van der Waals surface area contributed by atoms with Gasteiger partial charge in [0.25, 0.3) is 0 Å². The predicted molar refractivity (Wildman–Crippen MR) is 103 cm³/mol. The summed E-state index contributed by atoms with van der Waals surface area (Å²) in [7, 11) is 1.96. The molecule has 0 saturated carbocycles. The molecular formula is C20H25N5. The van der Waals surface area contributed by atoms with Gasteiger partial charge in [0.05, 0.1) is 5.69 Å². The molecule has 0 aromatic carbocycles. The largest absolute Gasteiger partial charge is 0.352 e. The maximum absolute atomic E-state index is 4.58. The summed E-state index contributed by atoms with van der Waals surface area (Å²) >= 11 is 0. The Bertz CT molecular complexity index is 908. The molecule has 0 aliphatic carbocycles. The molecule has 0 aliphatic rings. The molecule has 0 fully saturated rings. The van der Waals surface area contributed by atoms with Crippen LogP contribution in [0.4, 0.5) is 5.95 Å². The first-order valence-corrected chi connectivity index (χ1v) is 8.35. The van der Waals surface area contributed by atoms with E-state index in [-0.39, 0.29) is 0 Å². The number of aryl methyl sites for hydroxylation is 2. The fourth-order valence-electron chi connectivity index (χ4n) is 2.53. The zero-order valence-corrected chi connectivity index (χ0v) is 15.8. The zero-order valence-electron chi connectivity index (χ0n) is 15.8. The monoisotopic (exact) mass is 335 g/mol. The lowest BCUT2D eigenvalue weighted by atomic mass is 9.99. The Kier molecular flexibility index (Phi) is 6.13. The molecule has 2 heterocycles. The van der Waals surface area contributed by atoms with Gasteiger partial charge in [0.1, 0.15) is 5.49 Å². The van der Waals surface area contributed by atoms with E-state index < -0.39 is 0 Å². The van der Waals surface area contributed by atoms with E-state index in [2.05, 4.69) is 52.2 Å². The van der Waals surface area contributed by atoms with Crippen LogP contribution in [0.2, 0.25) is 0 Å². The summed E-state index contributed by atoms with van der Waals surface area (Å²) in [6.45, 7) is 9.94. The highest BCUT2D eigenvalue weighted by atomic mass is 15.1. The fraction of sp³-hybridized carbons (Fsp3) is 0.350. The van der Waals surface area contributed by atoms with Gasteiger partial charge in [0.15, 0.2) is 0 Å². The molecule has 2 rings (SSSR count). The van der Waals surface area contributed by atoms with Crippen molar-refractivity contribution in [2.75, 3.05) is 5.32 Å². The molecule has 0 spiro atoms. The van der Waals surface area contributed by atoms with Gasteiger partial charge in [0.2, 0.25) is 5.95 Å². The van der Waals surface area contributed by atoms with Crippen molar-refractivity contribution in [2.24, 2.45) is 12.0 Å². The summed E-state index contributed by atoms with van der Waals surface area (Å²) in [5.74, 6) is 3.44. The van der Waals surface area contributed by atoms with Gasteiger partial charge in [0, 0.05) is 37.1 Å². The number of allylic oxidation sites excluding steroid dienone is 1. The maximum atomic E-state index is 4.58. The molecule has 0 unspecified atom stereocenters. The Morgan fingerprint density at radius 2 is 2.12 bits per heavy atom. The molecule has 0 amide bonds. The fourth-order valence-corrected chi connectivity index (χ4v) is 2.53. The number of anilines is 1. The van der Waals surface area contributed by atoms with Crippen molar-refractivity contribution < 1.29 is 0 Å². The second kappa shape index (κ2) is 8.29. The van der Waals surface area contributed by atoms with Gasteiger partial charge in [-0.05, 0) is 57.9 Å². The minimum absolute atomic E-state index is 0.299. The third-order valence-electron chi connectivity index (χ3n) is 3.68. The van der Waals surface area contributed by atoms with Gasteiger partial charge in [-0.15, -0.1) is 0 Å². The summed E-state index contributed by atoms with van der Waals surface area (Å²) in [5, 5.41) is 3.23. The van der Waals surface area contributed by atoms with Crippen molar-refractivity contribution in [3.8, 4) is 12.0 Å². The summed E-state index contributed by atoms with van der Waals surface area (Å²) in [6, 6.07) is 7.06. The lowest BCUT2D eigenvalue weighted by Gasteiger charge is -2.14. The Morgan fingerprint density at radius 1 is 1.36 bits per heavy atom. The Balaban J connectivity index is 2.44. The van der Waals surface area contributed by atoms with Gasteiger partial charge >= 0.3 is 0 Å². The molecular weight excluding hydrogens is 310 g/mol. The molecule has 0 aliphatic heterocycles. The van der Waals surface area contributed by atoms with Crippen LogP contribution in [0.5, 0.6) is 0 Å². The molecule has 0 saturated heterocycles. The number of pyridine rings is 1. The molecule has 5 heteroatoms. The predicted octanol–water partition coefficient (Wildman–Crippen LogP) is 3.28. The first-order chi connectivity index (χ1) is 12.0. The van der Waals surface area contributed by atoms with E-state index in [9.17, 15) is 0 Å². The number of nitrogens with one attached hydrogen (secondary N) is 1. The quantitative estimate of drug-likeness (QED) is 0.873. The summed E-state index contributed by atoms with van der Waals surface area (Å²) < 4.78 is 1.97. The average Bonchev–Trinajstić information content (AvgIpc) is 2.56. The SMILES string of the molecule is CC#CN=c1ccc(/C(=C/C)c2cnc(NC(C)C)nc2C)cn1C. The normalized spacial score (nSPS) is 12.1. The molecule has 130 valence electrons. The Morgan fingerprint density at radius 3 is 2.68 bits per heavy atom. The van der Waals surface area contributed by atoms with Crippen LogP contribution in [0, 0.1) is 18.9 Å². The highest BCUT2D eigenvalue weighted by molar-refractivity contribution is 5.80. The van der Waals surface area contributed by atoms with E-state index in [0.717, 1.165) is 27.9 Å². The molecule has 0 atom stereocenters. The van der Waals surface area contributed by atoms with E-state index in [4.69, 9.17) is 0 Å². The third-order valence-corrected chi connectivity index (χ3v) is 3.68. The van der Waals surface area contributed by atoms with Crippen LogP contribution < -0.4 is 10.8 Å². The number of aromatic nitrogens is 3. The van der Waals surface area contributed by atoms with Crippen LogP contribution in [0.25, 0.3) is 5.57 Å². The third kappa shape index (κ3) is 4.57. The van der Waals surface area contributed by atoms with Crippen molar-refractivity contribution >= 4 is 11.5 Å². The van der Waals surface area contributed by atoms with Gasteiger partial charge in [-0.3, -0.25) is 0 Å². The Labute approximate surface area is 149 Å². The number of hydrogen-bond acceptors (Lipinski definition) is 4. The molecule has 25 heavy (non-hydrogen) atoms. The number of nitrogens with zero attached hydrogens (tertiary/aromatic N) is 4. The van der Waals surface area contributed by atoms with Crippen LogP contribution in [0.15, 0.2) is 35.6 Å². The first kappa shape index (κ1) is 18.5. The van der Waals surface area contributed by atoms with E-state index in [1.165, 1.54) is 0 Å². The number of rotatable bonds is 4. The summed E-state index contributed by atoms with van der Waals surface area (Å²) in [4.78, 5) is 13.3. The van der Waals surface area contributed by atoms with E-state index >= 15 is 0 Å². The van der Waals surface area contributed by atoms with Gasteiger partial charge < -0.3 is 9.88 Å². The summed E-state index contributed by atoms with van der Waals surface area (Å²) in [6.07, 6.45) is 6.01. The standard InChI is InChI=1S/C20H25N5/c1-7-11-21-19-10-9-16(13-25(19)6)17(8-2)18-12-22-20(23-14(3)4)24-15(18)5/h8-10,12-14H,1-6H3,(H,22,23,24)/b17-8-,21-19?. The lowest BCUT2D eigenvalue weighted by molar-refractivity contribution is 0.833. The molecule has 2 aromatic heterocycles. The van der Waals surface area contributed by atoms with Gasteiger partial charge in [-0.1, -0.05) is 12.0 Å². The van der Waals surface area contributed by atoms with Crippen molar-refractivity contribution in [3.63, 3.8) is 0 Å². The van der Waals surface area contributed by atoms with Crippen molar-refractivity contribution in [1.29, 1.82) is 0 Å². The van der Waals surface area contributed by atoms with Crippen molar-refractivity contribution in [1.82, 2.24) is 14.5 Å². The van der Waals surface area contributed by atoms with Gasteiger partial charge in [-0.25, -0.2) is 9.97 Å². The van der Waals surface area contributed by atoms with Crippen LogP contribution >= 0.6 is 0 Å². The maximum Gasteiger partial charge on any atom is 0.223 e. The van der Waals surface area contributed by atoms with Gasteiger partial charge in [-0.2, -0.15) is 4.99 Å². The van der Waals surface area contributed by atoms with E-state index in [1.807, 2.05) is 50.0 Å². The minimum Gasteiger partial charge on any atom is -0.352 e. The summed E-state index contributed by atoms with van der Waals surface area (Å²) in [5.41, 5.74) is 4.97. The molecule has 5 nitrogen and oxygen atoms in total. The molecule has 2 aromatic rings.